The van der Waals surface area contributed by atoms with Crippen LogP contribution in [0.25, 0.3) is 11.4 Å². The molecule has 1 unspecified atom stereocenters. The zero-order valence-electron chi connectivity index (χ0n) is 15.4. The number of amides is 1. The van der Waals surface area contributed by atoms with Gasteiger partial charge in [0.2, 0.25) is 5.91 Å². The summed E-state index contributed by atoms with van der Waals surface area (Å²) in [4.78, 5) is 19.1. The van der Waals surface area contributed by atoms with E-state index in [2.05, 4.69) is 21.2 Å². The quantitative estimate of drug-likeness (QED) is 0.651. The molecule has 138 valence electrons. The number of nitrogens with zero attached hydrogens (tertiary/aromatic N) is 5. The summed E-state index contributed by atoms with van der Waals surface area (Å²) in [6.07, 6.45) is 5.51. The number of rotatable bonds is 4. The lowest BCUT2D eigenvalue weighted by Gasteiger charge is -2.31. The molecule has 3 aromatic rings. The predicted molar refractivity (Wildman–Crippen MR) is 107 cm³/mol. The van der Waals surface area contributed by atoms with Gasteiger partial charge in [0.15, 0.2) is 11.0 Å². The molecule has 2 aromatic heterocycles. The lowest BCUT2D eigenvalue weighted by Crippen LogP contribution is -2.40. The fraction of sp³-hybridized carbons (Fsp3) is 0.300. The number of hydrogen-bond acceptors (Lipinski definition) is 5. The van der Waals surface area contributed by atoms with E-state index in [0.717, 1.165) is 41.6 Å². The summed E-state index contributed by atoms with van der Waals surface area (Å²) >= 11 is 1.44. The average molecular weight is 379 g/mol. The van der Waals surface area contributed by atoms with Crippen molar-refractivity contribution in [2.75, 3.05) is 11.4 Å². The Kier molecular flexibility index (Phi) is 4.94. The van der Waals surface area contributed by atoms with Gasteiger partial charge >= 0.3 is 0 Å². The molecule has 7 heteroatoms. The molecule has 27 heavy (non-hydrogen) atoms. The minimum Gasteiger partial charge on any atom is -0.311 e. The van der Waals surface area contributed by atoms with Crippen LogP contribution in [0.2, 0.25) is 0 Å². The Labute approximate surface area is 162 Å². The van der Waals surface area contributed by atoms with Crippen LogP contribution in [0.1, 0.15) is 18.9 Å². The van der Waals surface area contributed by atoms with E-state index in [1.807, 2.05) is 53.8 Å². The van der Waals surface area contributed by atoms with Crippen molar-refractivity contribution < 1.29 is 4.79 Å². The van der Waals surface area contributed by atoms with Gasteiger partial charge in [0.1, 0.15) is 0 Å². The van der Waals surface area contributed by atoms with Gasteiger partial charge in [-0.2, -0.15) is 0 Å². The van der Waals surface area contributed by atoms with Crippen molar-refractivity contribution in [1.29, 1.82) is 0 Å². The highest BCUT2D eigenvalue weighted by Gasteiger charge is 2.28. The molecule has 0 radical (unpaired) electrons. The van der Waals surface area contributed by atoms with E-state index < -0.39 is 0 Å². The minimum atomic E-state index is -0.249. The van der Waals surface area contributed by atoms with Crippen molar-refractivity contribution in [3.63, 3.8) is 0 Å². The molecule has 3 heterocycles. The summed E-state index contributed by atoms with van der Waals surface area (Å²) in [5.41, 5.74) is 3.19. The first-order valence-corrected chi connectivity index (χ1v) is 9.89. The number of carbonyl (C=O) groups is 1. The number of pyridine rings is 1. The lowest BCUT2D eigenvalue weighted by molar-refractivity contribution is -0.117. The summed E-state index contributed by atoms with van der Waals surface area (Å²) in [6.45, 7) is 2.70. The Morgan fingerprint density at radius 1 is 1.19 bits per heavy atom. The molecular formula is C20H21N5OS. The molecular weight excluding hydrogens is 358 g/mol. The molecule has 1 amide bonds. The second kappa shape index (κ2) is 7.52. The Bertz CT molecular complexity index is 956. The number of para-hydroxylation sites is 1. The fourth-order valence-corrected chi connectivity index (χ4v) is 4.23. The maximum Gasteiger partial charge on any atom is 0.240 e. The fourth-order valence-electron chi connectivity index (χ4n) is 3.35. The Balaban J connectivity index is 1.53. The summed E-state index contributed by atoms with van der Waals surface area (Å²) in [5, 5.41) is 9.03. The molecule has 0 bridgehead atoms. The standard InChI is InChI=1S/C20H21N5OS/c1-14(19(26)25-12-6-9-15-7-3-4-10-17(15)25)27-20-23-22-18(24(20)2)16-8-5-11-21-13-16/h3-5,7-8,10-11,13-14H,6,9,12H2,1-2H3. The second-order valence-electron chi connectivity index (χ2n) is 6.59. The van der Waals surface area contributed by atoms with Crippen molar-refractivity contribution >= 4 is 23.4 Å². The topological polar surface area (TPSA) is 63.9 Å². The first kappa shape index (κ1) is 17.7. The summed E-state index contributed by atoms with van der Waals surface area (Å²) < 4.78 is 1.91. The van der Waals surface area contributed by atoms with Crippen LogP contribution in [0.15, 0.2) is 53.9 Å². The molecule has 1 aliphatic rings. The zero-order valence-corrected chi connectivity index (χ0v) is 16.2. The van der Waals surface area contributed by atoms with Crippen LogP contribution in [0.4, 0.5) is 5.69 Å². The zero-order chi connectivity index (χ0) is 18.8. The molecule has 1 aromatic carbocycles. The number of aryl methyl sites for hydroxylation is 1. The van der Waals surface area contributed by atoms with Crippen LogP contribution in [0.3, 0.4) is 0 Å². The number of fused-ring (bicyclic) bond motifs is 1. The molecule has 0 saturated carbocycles. The third-order valence-electron chi connectivity index (χ3n) is 4.76. The minimum absolute atomic E-state index is 0.109. The van der Waals surface area contributed by atoms with Gasteiger partial charge in [0.25, 0.3) is 0 Å². The number of hydrogen-bond donors (Lipinski definition) is 0. The van der Waals surface area contributed by atoms with Crippen molar-refractivity contribution in [1.82, 2.24) is 19.7 Å². The van der Waals surface area contributed by atoms with Crippen molar-refractivity contribution in [3.8, 4) is 11.4 Å². The lowest BCUT2D eigenvalue weighted by atomic mass is 10.0. The van der Waals surface area contributed by atoms with Gasteiger partial charge < -0.3 is 9.47 Å². The van der Waals surface area contributed by atoms with Crippen molar-refractivity contribution in [2.45, 2.75) is 30.2 Å². The van der Waals surface area contributed by atoms with Crippen LogP contribution >= 0.6 is 11.8 Å². The molecule has 6 nitrogen and oxygen atoms in total. The summed E-state index contributed by atoms with van der Waals surface area (Å²) in [6, 6.07) is 12.0. The molecule has 1 atom stereocenters. The van der Waals surface area contributed by atoms with Crippen molar-refractivity contribution in [3.05, 3.63) is 54.4 Å². The normalized spacial score (nSPS) is 14.7. The highest BCUT2D eigenvalue weighted by Crippen LogP contribution is 2.31. The van der Waals surface area contributed by atoms with Gasteiger partial charge in [-0.3, -0.25) is 9.78 Å². The van der Waals surface area contributed by atoms with Gasteiger partial charge in [-0.25, -0.2) is 0 Å². The van der Waals surface area contributed by atoms with Crippen molar-refractivity contribution in [2.24, 2.45) is 7.05 Å². The number of aromatic nitrogens is 4. The van der Waals surface area contributed by atoms with E-state index in [9.17, 15) is 4.79 Å². The van der Waals surface area contributed by atoms with Gasteiger partial charge in [-0.05, 0) is 43.5 Å². The van der Waals surface area contributed by atoms with E-state index in [1.165, 1.54) is 17.3 Å². The smallest absolute Gasteiger partial charge is 0.240 e. The highest BCUT2D eigenvalue weighted by atomic mass is 32.2. The first-order valence-electron chi connectivity index (χ1n) is 9.01. The summed E-state index contributed by atoms with van der Waals surface area (Å²) in [5.74, 6) is 0.853. The van der Waals surface area contributed by atoms with Crippen LogP contribution < -0.4 is 4.90 Å². The predicted octanol–water partition coefficient (Wildman–Crippen LogP) is 3.34. The maximum atomic E-state index is 13.1. The highest BCUT2D eigenvalue weighted by molar-refractivity contribution is 8.00. The van der Waals surface area contributed by atoms with Gasteiger partial charge in [0.05, 0.1) is 5.25 Å². The largest absolute Gasteiger partial charge is 0.311 e. The number of anilines is 1. The monoisotopic (exact) mass is 379 g/mol. The average Bonchev–Trinajstić information content (AvgIpc) is 3.08. The molecule has 0 aliphatic carbocycles. The van der Waals surface area contributed by atoms with E-state index in [4.69, 9.17) is 0 Å². The third kappa shape index (κ3) is 3.47. The summed E-state index contributed by atoms with van der Waals surface area (Å²) in [7, 11) is 1.91. The van der Waals surface area contributed by atoms with E-state index >= 15 is 0 Å². The van der Waals surface area contributed by atoms with Gasteiger partial charge in [-0.1, -0.05) is 30.0 Å². The molecule has 0 N–H and O–H groups in total. The maximum absolute atomic E-state index is 13.1. The van der Waals surface area contributed by atoms with Gasteiger partial charge in [-0.15, -0.1) is 10.2 Å². The molecule has 0 saturated heterocycles. The molecule has 4 rings (SSSR count). The Morgan fingerprint density at radius 3 is 2.85 bits per heavy atom. The second-order valence-corrected chi connectivity index (χ2v) is 7.90. The third-order valence-corrected chi connectivity index (χ3v) is 5.88. The first-order chi connectivity index (χ1) is 13.1. The van der Waals surface area contributed by atoms with E-state index in [-0.39, 0.29) is 11.2 Å². The number of carbonyl (C=O) groups excluding carboxylic acids is 1. The molecule has 0 spiro atoms. The number of thioether (sulfide) groups is 1. The SMILES string of the molecule is CC(Sc1nnc(-c2cccnc2)n1C)C(=O)N1CCCc2ccccc21. The van der Waals surface area contributed by atoms with Crippen LogP contribution in [-0.2, 0) is 18.3 Å². The Hall–Kier alpha value is -2.67. The van der Waals surface area contributed by atoms with Crippen LogP contribution in [0.5, 0.6) is 0 Å². The van der Waals surface area contributed by atoms with E-state index in [1.54, 1.807) is 12.4 Å². The number of benzene rings is 1. The molecule has 1 aliphatic heterocycles. The van der Waals surface area contributed by atoms with E-state index in [0.29, 0.717) is 0 Å². The van der Waals surface area contributed by atoms with Crippen LogP contribution in [-0.4, -0.2) is 37.5 Å². The molecule has 0 fully saturated rings. The van der Waals surface area contributed by atoms with Crippen LogP contribution in [0, 0.1) is 0 Å². The van der Waals surface area contributed by atoms with Gasteiger partial charge in [0, 0.05) is 37.2 Å². The Morgan fingerprint density at radius 2 is 2.04 bits per heavy atom.